The van der Waals surface area contributed by atoms with Crippen molar-refractivity contribution in [2.75, 3.05) is 0 Å². The molecule has 0 bridgehead atoms. The highest BCUT2D eigenvalue weighted by molar-refractivity contribution is 6.21. The Morgan fingerprint density at radius 1 is 1.17 bits per heavy atom. The molecule has 1 N–H and O–H groups in total. The van der Waals surface area contributed by atoms with Gasteiger partial charge < -0.3 is 5.11 Å². The Hall–Kier alpha value is -3.61. The number of benzene rings is 1. The summed E-state index contributed by atoms with van der Waals surface area (Å²) < 4.78 is 38.4. The summed E-state index contributed by atoms with van der Waals surface area (Å²) in [5, 5.41) is 10.2. The monoisotopic (exact) mass is 412 g/mol. The molecule has 0 fully saturated rings. The molecule has 1 aromatic heterocycles. The van der Waals surface area contributed by atoms with Crippen LogP contribution in [0, 0.1) is 0 Å². The highest BCUT2D eigenvalue weighted by Gasteiger charge is 2.30. The zero-order valence-electron chi connectivity index (χ0n) is 16.4. The first-order valence-corrected chi connectivity index (χ1v) is 9.01. The van der Waals surface area contributed by atoms with Crippen molar-refractivity contribution in [2.24, 2.45) is 0 Å². The minimum atomic E-state index is -4.43. The van der Waals surface area contributed by atoms with Gasteiger partial charge in [0.2, 0.25) is 0 Å². The minimum Gasteiger partial charge on any atom is -0.512 e. The van der Waals surface area contributed by atoms with E-state index in [-0.39, 0.29) is 11.3 Å². The lowest BCUT2D eigenvalue weighted by Gasteiger charge is -2.25. The van der Waals surface area contributed by atoms with E-state index in [1.165, 1.54) is 30.2 Å². The van der Waals surface area contributed by atoms with Crippen LogP contribution in [-0.4, -0.2) is 20.9 Å². The van der Waals surface area contributed by atoms with Crippen molar-refractivity contribution < 1.29 is 23.1 Å². The molecular weight excluding hydrogens is 393 g/mol. The van der Waals surface area contributed by atoms with Gasteiger partial charge in [-0.3, -0.25) is 14.7 Å². The fourth-order valence-electron chi connectivity index (χ4n) is 3.02. The van der Waals surface area contributed by atoms with Crippen LogP contribution < -0.4 is 0 Å². The van der Waals surface area contributed by atoms with E-state index in [4.69, 9.17) is 0 Å². The topological polar surface area (TPSA) is 53.4 Å². The summed E-state index contributed by atoms with van der Waals surface area (Å²) in [5.74, 6) is -0.675. The molecule has 0 atom stereocenters. The van der Waals surface area contributed by atoms with Gasteiger partial charge in [0.1, 0.15) is 5.76 Å². The minimum absolute atomic E-state index is 0.0473. The summed E-state index contributed by atoms with van der Waals surface area (Å²) >= 11 is 0. The molecule has 0 saturated carbocycles. The second-order valence-electron chi connectivity index (χ2n) is 6.78. The van der Waals surface area contributed by atoms with Crippen molar-refractivity contribution in [3.63, 3.8) is 0 Å². The summed E-state index contributed by atoms with van der Waals surface area (Å²) in [7, 11) is 0. The van der Waals surface area contributed by atoms with Crippen LogP contribution in [0.25, 0.3) is 16.8 Å². The lowest BCUT2D eigenvalue weighted by molar-refractivity contribution is -0.137. The average Bonchev–Trinajstić information content (AvgIpc) is 2.69. The van der Waals surface area contributed by atoms with E-state index in [9.17, 15) is 23.1 Å². The number of pyridine rings is 1. The molecule has 30 heavy (non-hydrogen) atoms. The van der Waals surface area contributed by atoms with Gasteiger partial charge >= 0.3 is 6.18 Å². The molecule has 0 spiro atoms. The van der Waals surface area contributed by atoms with E-state index in [1.807, 2.05) is 13.0 Å². The van der Waals surface area contributed by atoms with Crippen LogP contribution in [0.5, 0.6) is 0 Å². The number of aliphatic hydroxyl groups excluding tert-OH is 1. The molecule has 0 unspecified atom stereocenters. The van der Waals surface area contributed by atoms with Crippen molar-refractivity contribution in [1.82, 2.24) is 9.88 Å². The third-order valence-corrected chi connectivity index (χ3v) is 4.68. The Morgan fingerprint density at radius 3 is 2.43 bits per heavy atom. The van der Waals surface area contributed by atoms with Crippen molar-refractivity contribution in [3.05, 3.63) is 95.7 Å². The summed E-state index contributed by atoms with van der Waals surface area (Å²) in [6.45, 7) is 7.11. The SMILES string of the molecule is C=C1C(C)=CC=CN1C(=O)/C(=C(\C)O)c1ccnc(-c2ccc(C(F)(F)F)cc2)c1. The number of aliphatic hydroxyl groups is 1. The number of rotatable bonds is 3. The normalized spacial score (nSPS) is 15.0. The number of carbonyl (C=O) groups excluding carboxylic acids is 1. The molecule has 1 aliphatic heterocycles. The molecule has 2 aromatic rings. The smallest absolute Gasteiger partial charge is 0.416 e. The number of amides is 1. The Balaban J connectivity index is 1.98. The van der Waals surface area contributed by atoms with Gasteiger partial charge in [-0.2, -0.15) is 13.2 Å². The zero-order valence-corrected chi connectivity index (χ0v) is 16.4. The average molecular weight is 412 g/mol. The maximum Gasteiger partial charge on any atom is 0.416 e. The maximum atomic E-state index is 13.1. The maximum absolute atomic E-state index is 13.1. The molecule has 1 aromatic carbocycles. The van der Waals surface area contributed by atoms with E-state index < -0.39 is 17.6 Å². The van der Waals surface area contributed by atoms with Gasteiger partial charge in [-0.15, -0.1) is 0 Å². The van der Waals surface area contributed by atoms with Gasteiger partial charge in [-0.05, 0) is 55.3 Å². The Labute approximate surface area is 172 Å². The quantitative estimate of drug-likeness (QED) is 0.507. The van der Waals surface area contributed by atoms with Gasteiger partial charge in [0.25, 0.3) is 5.91 Å². The van der Waals surface area contributed by atoms with Gasteiger partial charge in [-0.1, -0.05) is 24.8 Å². The van der Waals surface area contributed by atoms with Crippen molar-refractivity contribution in [2.45, 2.75) is 20.0 Å². The summed E-state index contributed by atoms with van der Waals surface area (Å²) in [6, 6.07) is 7.68. The summed E-state index contributed by atoms with van der Waals surface area (Å²) in [5.41, 5.74) is 1.79. The van der Waals surface area contributed by atoms with E-state index in [1.54, 1.807) is 24.4 Å². The van der Waals surface area contributed by atoms with Crippen LogP contribution in [0.1, 0.15) is 25.0 Å². The molecule has 1 amide bonds. The predicted molar refractivity (Wildman–Crippen MR) is 109 cm³/mol. The lowest BCUT2D eigenvalue weighted by atomic mass is 10.00. The molecule has 0 saturated heterocycles. The molecule has 7 heteroatoms. The van der Waals surface area contributed by atoms with Crippen LogP contribution in [-0.2, 0) is 11.0 Å². The van der Waals surface area contributed by atoms with Gasteiger partial charge in [0.15, 0.2) is 0 Å². The summed E-state index contributed by atoms with van der Waals surface area (Å²) in [4.78, 5) is 18.6. The van der Waals surface area contributed by atoms with Crippen LogP contribution in [0.2, 0.25) is 0 Å². The standard InChI is InChI=1S/C23H19F3N2O2/c1-14-5-4-12-28(15(14)2)22(30)21(16(3)29)18-10-11-27-20(13-18)17-6-8-19(9-7-17)23(24,25)26/h4-13,29H,2H2,1,3H3/b21-16+. The Kier molecular flexibility index (Phi) is 5.64. The number of allylic oxidation sites excluding steroid dienone is 4. The van der Waals surface area contributed by atoms with Crippen LogP contribution in [0.4, 0.5) is 13.2 Å². The number of aromatic nitrogens is 1. The first-order chi connectivity index (χ1) is 14.1. The Bertz CT molecular complexity index is 1090. The number of carbonyl (C=O) groups is 1. The third kappa shape index (κ3) is 4.20. The highest BCUT2D eigenvalue weighted by Crippen LogP contribution is 2.32. The number of nitrogens with zero attached hydrogens (tertiary/aromatic N) is 2. The fraction of sp³-hybridized carbons (Fsp3) is 0.130. The van der Waals surface area contributed by atoms with E-state index in [0.29, 0.717) is 22.5 Å². The van der Waals surface area contributed by atoms with Crippen molar-refractivity contribution in [1.29, 1.82) is 0 Å². The van der Waals surface area contributed by atoms with Crippen LogP contribution in [0.3, 0.4) is 0 Å². The van der Waals surface area contributed by atoms with Gasteiger partial charge in [-0.25, -0.2) is 0 Å². The molecule has 2 heterocycles. The number of hydrogen-bond acceptors (Lipinski definition) is 3. The molecule has 0 radical (unpaired) electrons. The van der Waals surface area contributed by atoms with E-state index in [2.05, 4.69) is 11.6 Å². The third-order valence-electron chi connectivity index (χ3n) is 4.68. The van der Waals surface area contributed by atoms with Crippen molar-refractivity contribution in [3.8, 4) is 11.3 Å². The first kappa shape index (κ1) is 21.1. The summed E-state index contributed by atoms with van der Waals surface area (Å²) in [6.07, 6.45) is 2.08. The predicted octanol–water partition coefficient (Wildman–Crippen LogP) is 5.87. The van der Waals surface area contributed by atoms with Crippen molar-refractivity contribution >= 4 is 11.5 Å². The first-order valence-electron chi connectivity index (χ1n) is 9.01. The van der Waals surface area contributed by atoms with E-state index in [0.717, 1.165) is 17.7 Å². The molecule has 154 valence electrons. The second-order valence-corrected chi connectivity index (χ2v) is 6.78. The Morgan fingerprint density at radius 2 is 1.83 bits per heavy atom. The second kappa shape index (κ2) is 8.02. The van der Waals surface area contributed by atoms with Crippen LogP contribution >= 0.6 is 0 Å². The largest absolute Gasteiger partial charge is 0.512 e. The molecule has 4 nitrogen and oxygen atoms in total. The lowest BCUT2D eigenvalue weighted by Crippen LogP contribution is -2.28. The highest BCUT2D eigenvalue weighted by atomic mass is 19.4. The zero-order chi connectivity index (χ0) is 22.1. The molecule has 0 aliphatic carbocycles. The van der Waals surface area contributed by atoms with Gasteiger partial charge in [0, 0.05) is 23.7 Å². The van der Waals surface area contributed by atoms with Gasteiger partial charge in [0.05, 0.1) is 16.8 Å². The molecule has 3 rings (SSSR count). The molecular formula is C23H19F3N2O2. The number of alkyl halides is 3. The van der Waals surface area contributed by atoms with Crippen LogP contribution in [0.15, 0.2) is 84.6 Å². The van der Waals surface area contributed by atoms with E-state index >= 15 is 0 Å². The fourth-order valence-corrected chi connectivity index (χ4v) is 3.02. The molecule has 1 aliphatic rings. The number of halogens is 3. The number of hydrogen-bond donors (Lipinski definition) is 1.